The molecule has 2 rings (SSSR count). The van der Waals surface area contributed by atoms with Gasteiger partial charge in [-0.05, 0) is 56.1 Å². The maximum Gasteiger partial charge on any atom is 0.123 e. The third-order valence-corrected chi connectivity index (χ3v) is 3.59. The van der Waals surface area contributed by atoms with Crippen LogP contribution in [0.4, 0.5) is 4.39 Å². The summed E-state index contributed by atoms with van der Waals surface area (Å²) in [6.07, 6.45) is 3.41. The van der Waals surface area contributed by atoms with Gasteiger partial charge in [-0.15, -0.1) is 0 Å². The van der Waals surface area contributed by atoms with Crippen LogP contribution >= 0.6 is 11.6 Å². The van der Waals surface area contributed by atoms with Gasteiger partial charge >= 0.3 is 0 Å². The smallest absolute Gasteiger partial charge is 0.123 e. The highest BCUT2D eigenvalue weighted by Gasteiger charge is 2.16. The first kappa shape index (κ1) is 15.1. The van der Waals surface area contributed by atoms with Crippen LogP contribution in [0.3, 0.4) is 0 Å². The van der Waals surface area contributed by atoms with Crippen molar-refractivity contribution in [1.29, 1.82) is 0 Å². The predicted molar refractivity (Wildman–Crippen MR) is 79.6 cm³/mol. The van der Waals surface area contributed by atoms with Crippen molar-refractivity contribution in [3.8, 4) is 0 Å². The lowest BCUT2D eigenvalue weighted by Crippen LogP contribution is -2.23. The molecule has 4 heteroatoms. The van der Waals surface area contributed by atoms with E-state index in [1.807, 2.05) is 13.0 Å². The molecule has 2 aromatic rings. The van der Waals surface area contributed by atoms with Crippen molar-refractivity contribution >= 4 is 11.6 Å². The van der Waals surface area contributed by atoms with Gasteiger partial charge in [0.15, 0.2) is 0 Å². The van der Waals surface area contributed by atoms with E-state index in [1.54, 1.807) is 12.3 Å². The normalized spacial score (nSPS) is 12.6. The Balaban J connectivity index is 2.21. The molecule has 0 aliphatic carbocycles. The molecule has 2 nitrogen and oxygen atoms in total. The van der Waals surface area contributed by atoms with Crippen LogP contribution < -0.4 is 5.32 Å². The first-order valence-electron chi connectivity index (χ1n) is 6.82. The van der Waals surface area contributed by atoms with Crippen LogP contribution in [0.5, 0.6) is 0 Å². The van der Waals surface area contributed by atoms with E-state index in [0.717, 1.165) is 29.9 Å². The van der Waals surface area contributed by atoms with Crippen molar-refractivity contribution in [3.05, 3.63) is 58.3 Å². The Bertz CT molecular complexity index is 567. The van der Waals surface area contributed by atoms with Gasteiger partial charge in [0.1, 0.15) is 11.6 Å². The minimum atomic E-state index is -0.262. The first-order chi connectivity index (χ1) is 9.60. The molecule has 1 aromatic heterocycles. The van der Waals surface area contributed by atoms with Crippen LogP contribution in [0.15, 0.2) is 34.9 Å². The molecular formula is C16H19ClFNO. The third kappa shape index (κ3) is 3.84. The fraction of sp³-hybridized carbons (Fsp3) is 0.375. The third-order valence-electron chi connectivity index (χ3n) is 3.23. The molecule has 1 heterocycles. The standard InChI is InChI=1S/C16H19ClFNO/c1-3-6-19-16(13-7-11(2)20-10-13)9-12-8-14(18)4-5-15(12)17/h4-5,7-8,10,16,19H,3,6,9H2,1-2H3. The van der Waals surface area contributed by atoms with E-state index < -0.39 is 0 Å². The summed E-state index contributed by atoms with van der Waals surface area (Å²) in [5.74, 6) is 0.607. The molecular weight excluding hydrogens is 277 g/mol. The van der Waals surface area contributed by atoms with Crippen LogP contribution in [-0.4, -0.2) is 6.54 Å². The second-order valence-electron chi connectivity index (χ2n) is 4.94. The van der Waals surface area contributed by atoms with Gasteiger partial charge in [-0.1, -0.05) is 18.5 Å². The van der Waals surface area contributed by atoms with Gasteiger partial charge in [-0.2, -0.15) is 0 Å². The topological polar surface area (TPSA) is 25.2 Å². The van der Waals surface area contributed by atoms with Gasteiger partial charge in [0.2, 0.25) is 0 Å². The number of nitrogens with one attached hydrogen (secondary N) is 1. The zero-order valence-electron chi connectivity index (χ0n) is 11.7. The number of hydrogen-bond donors (Lipinski definition) is 1. The van der Waals surface area contributed by atoms with Crippen molar-refractivity contribution in [2.45, 2.75) is 32.7 Å². The van der Waals surface area contributed by atoms with Gasteiger partial charge in [-0.25, -0.2) is 4.39 Å². The fourth-order valence-corrected chi connectivity index (χ4v) is 2.39. The highest BCUT2D eigenvalue weighted by molar-refractivity contribution is 6.31. The van der Waals surface area contributed by atoms with E-state index in [0.29, 0.717) is 11.4 Å². The molecule has 0 bridgehead atoms. The van der Waals surface area contributed by atoms with Crippen LogP contribution in [0.2, 0.25) is 5.02 Å². The molecule has 0 saturated heterocycles. The molecule has 0 spiro atoms. The van der Waals surface area contributed by atoms with Crippen molar-refractivity contribution < 1.29 is 8.81 Å². The molecule has 108 valence electrons. The van der Waals surface area contributed by atoms with Crippen LogP contribution in [0.25, 0.3) is 0 Å². The summed E-state index contributed by atoms with van der Waals surface area (Å²) in [6.45, 7) is 4.91. The van der Waals surface area contributed by atoms with Crippen molar-refractivity contribution in [2.75, 3.05) is 6.54 Å². The van der Waals surface area contributed by atoms with Gasteiger partial charge < -0.3 is 9.73 Å². The Kier molecular flexibility index (Phi) is 5.21. The minimum Gasteiger partial charge on any atom is -0.469 e. The van der Waals surface area contributed by atoms with E-state index >= 15 is 0 Å². The molecule has 1 atom stereocenters. The summed E-state index contributed by atoms with van der Waals surface area (Å²) in [5, 5.41) is 4.05. The fourth-order valence-electron chi connectivity index (χ4n) is 2.19. The summed E-state index contributed by atoms with van der Waals surface area (Å²) in [6, 6.07) is 6.55. The zero-order chi connectivity index (χ0) is 14.5. The number of hydrogen-bond acceptors (Lipinski definition) is 2. The van der Waals surface area contributed by atoms with Gasteiger partial charge in [-0.3, -0.25) is 0 Å². The maximum absolute atomic E-state index is 13.4. The molecule has 0 amide bonds. The molecule has 0 aliphatic rings. The number of furan rings is 1. The van der Waals surface area contributed by atoms with E-state index in [9.17, 15) is 4.39 Å². The number of benzene rings is 1. The largest absolute Gasteiger partial charge is 0.469 e. The maximum atomic E-state index is 13.4. The van der Waals surface area contributed by atoms with Crippen molar-refractivity contribution in [1.82, 2.24) is 5.32 Å². The van der Waals surface area contributed by atoms with Crippen molar-refractivity contribution in [2.24, 2.45) is 0 Å². The van der Waals surface area contributed by atoms with E-state index in [-0.39, 0.29) is 11.9 Å². The summed E-state index contributed by atoms with van der Waals surface area (Å²) in [7, 11) is 0. The van der Waals surface area contributed by atoms with E-state index in [2.05, 4.69) is 12.2 Å². The number of rotatable bonds is 6. The Labute approximate surface area is 123 Å². The molecule has 1 N–H and O–H groups in total. The predicted octanol–water partition coefficient (Wildman–Crippen LogP) is 4.66. The van der Waals surface area contributed by atoms with Crippen LogP contribution in [0, 0.1) is 12.7 Å². The lowest BCUT2D eigenvalue weighted by molar-refractivity contribution is 0.502. The Morgan fingerprint density at radius 2 is 2.15 bits per heavy atom. The van der Waals surface area contributed by atoms with Crippen molar-refractivity contribution in [3.63, 3.8) is 0 Å². The average Bonchev–Trinajstić information content (AvgIpc) is 2.85. The van der Waals surface area contributed by atoms with E-state index in [4.69, 9.17) is 16.0 Å². The molecule has 20 heavy (non-hydrogen) atoms. The van der Waals surface area contributed by atoms with Gasteiger partial charge in [0, 0.05) is 16.6 Å². The highest BCUT2D eigenvalue weighted by Crippen LogP contribution is 2.25. The lowest BCUT2D eigenvalue weighted by Gasteiger charge is -2.18. The highest BCUT2D eigenvalue weighted by atomic mass is 35.5. The Morgan fingerprint density at radius 3 is 2.80 bits per heavy atom. The number of aryl methyl sites for hydroxylation is 1. The molecule has 1 aromatic carbocycles. The summed E-state index contributed by atoms with van der Waals surface area (Å²) >= 11 is 6.15. The monoisotopic (exact) mass is 295 g/mol. The van der Waals surface area contributed by atoms with E-state index in [1.165, 1.54) is 12.1 Å². The van der Waals surface area contributed by atoms with Gasteiger partial charge in [0.05, 0.1) is 6.26 Å². The summed E-state index contributed by atoms with van der Waals surface area (Å²) in [4.78, 5) is 0. The molecule has 0 saturated carbocycles. The minimum absolute atomic E-state index is 0.0756. The Morgan fingerprint density at radius 1 is 1.35 bits per heavy atom. The Hall–Kier alpha value is -1.32. The second-order valence-corrected chi connectivity index (χ2v) is 5.34. The van der Waals surface area contributed by atoms with Gasteiger partial charge in [0.25, 0.3) is 0 Å². The van der Waals surface area contributed by atoms with Crippen LogP contribution in [0.1, 0.15) is 36.3 Å². The molecule has 0 aliphatic heterocycles. The molecule has 0 fully saturated rings. The first-order valence-corrected chi connectivity index (χ1v) is 7.20. The summed E-state index contributed by atoms with van der Waals surface area (Å²) in [5.41, 5.74) is 1.87. The zero-order valence-corrected chi connectivity index (χ0v) is 12.5. The lowest BCUT2D eigenvalue weighted by atomic mass is 10.0. The average molecular weight is 296 g/mol. The SMILES string of the molecule is CCCNC(Cc1cc(F)ccc1Cl)c1coc(C)c1. The molecule has 0 radical (unpaired) electrons. The quantitative estimate of drug-likeness (QED) is 0.838. The second kappa shape index (κ2) is 6.91. The molecule has 1 unspecified atom stereocenters. The van der Waals surface area contributed by atoms with Crippen LogP contribution in [-0.2, 0) is 6.42 Å². The summed E-state index contributed by atoms with van der Waals surface area (Å²) < 4.78 is 18.7. The number of halogens is 2.